The van der Waals surface area contributed by atoms with Crippen LogP contribution in [-0.2, 0) is 0 Å². The zero-order valence-corrected chi connectivity index (χ0v) is 14.8. The molecule has 0 heterocycles. The quantitative estimate of drug-likeness (QED) is 0.671. The second kappa shape index (κ2) is 10.2. The van der Waals surface area contributed by atoms with Crippen molar-refractivity contribution in [1.29, 1.82) is 0 Å². The fourth-order valence-electron chi connectivity index (χ4n) is 2.59. The fourth-order valence-corrected chi connectivity index (χ4v) is 2.71. The van der Waals surface area contributed by atoms with Gasteiger partial charge in [-0.1, -0.05) is 57.8 Å². The normalized spacial score (nSPS) is 14.4. The topological polar surface area (TPSA) is 15.3 Å². The van der Waals surface area contributed by atoms with E-state index in [1.165, 1.54) is 18.5 Å². The molecule has 1 aromatic rings. The molecule has 1 aromatic carbocycles. The Hall–Kier alpha value is -0.570. The summed E-state index contributed by atoms with van der Waals surface area (Å²) < 4.78 is 0. The Balaban J connectivity index is 2.59. The van der Waals surface area contributed by atoms with Gasteiger partial charge < -0.3 is 10.2 Å². The maximum atomic E-state index is 5.99. The van der Waals surface area contributed by atoms with Crippen molar-refractivity contribution < 1.29 is 0 Å². The molecule has 21 heavy (non-hydrogen) atoms. The second-order valence-corrected chi connectivity index (χ2v) is 6.29. The molecule has 0 saturated carbocycles. The summed E-state index contributed by atoms with van der Waals surface area (Å²) in [6, 6.07) is 8.66. The van der Waals surface area contributed by atoms with E-state index in [1.807, 2.05) is 12.1 Å². The predicted octanol–water partition coefficient (Wildman–Crippen LogP) is 4.75. The lowest BCUT2D eigenvalue weighted by Crippen LogP contribution is -2.32. The van der Waals surface area contributed by atoms with Crippen LogP contribution in [0.15, 0.2) is 24.3 Å². The average molecular weight is 311 g/mol. The van der Waals surface area contributed by atoms with Crippen LogP contribution in [0.25, 0.3) is 0 Å². The molecule has 3 heteroatoms. The summed E-state index contributed by atoms with van der Waals surface area (Å²) in [5.41, 5.74) is 1.33. The first kappa shape index (κ1) is 18.5. The number of nitrogens with zero attached hydrogens (tertiary/aromatic N) is 1. The van der Waals surface area contributed by atoms with E-state index in [0.717, 1.165) is 37.0 Å². The number of nitrogens with one attached hydrogen (secondary N) is 1. The molecule has 2 atom stereocenters. The van der Waals surface area contributed by atoms with Crippen LogP contribution in [0.3, 0.4) is 0 Å². The lowest BCUT2D eigenvalue weighted by atomic mass is 10.0. The maximum Gasteiger partial charge on any atom is 0.0406 e. The Kier molecular flexibility index (Phi) is 8.98. The molecule has 0 amide bonds. The molecular formula is C18H31ClN2. The smallest absolute Gasteiger partial charge is 0.0406 e. The van der Waals surface area contributed by atoms with Crippen molar-refractivity contribution in [2.75, 3.05) is 26.2 Å². The largest absolute Gasteiger partial charge is 0.310 e. The molecule has 2 unspecified atom stereocenters. The van der Waals surface area contributed by atoms with E-state index in [-0.39, 0.29) is 0 Å². The number of hydrogen-bond donors (Lipinski definition) is 1. The van der Waals surface area contributed by atoms with Crippen LogP contribution < -0.4 is 5.32 Å². The molecule has 1 N–H and O–H groups in total. The van der Waals surface area contributed by atoms with Gasteiger partial charge in [-0.05, 0) is 49.7 Å². The van der Waals surface area contributed by atoms with Crippen molar-refractivity contribution in [2.24, 2.45) is 5.92 Å². The molecule has 120 valence electrons. The number of halogens is 1. The van der Waals surface area contributed by atoms with Gasteiger partial charge in [-0.3, -0.25) is 0 Å². The summed E-state index contributed by atoms with van der Waals surface area (Å²) in [4.78, 5) is 2.56. The van der Waals surface area contributed by atoms with Gasteiger partial charge in [-0.25, -0.2) is 0 Å². The van der Waals surface area contributed by atoms with Gasteiger partial charge in [0.2, 0.25) is 0 Å². The lowest BCUT2D eigenvalue weighted by Gasteiger charge is -2.26. The third-order valence-corrected chi connectivity index (χ3v) is 4.42. The van der Waals surface area contributed by atoms with E-state index in [1.54, 1.807) is 0 Å². The standard InChI is InChI=1S/C18H31ClN2/c1-5-15(4)14-21(7-3)13-12-18(20-6-2)16-8-10-17(19)11-9-16/h8-11,15,18,20H,5-7,12-14H2,1-4H3. The minimum absolute atomic E-state index is 0.415. The van der Waals surface area contributed by atoms with E-state index in [0.29, 0.717) is 6.04 Å². The van der Waals surface area contributed by atoms with E-state index >= 15 is 0 Å². The third kappa shape index (κ3) is 6.82. The first-order valence-electron chi connectivity index (χ1n) is 8.31. The molecule has 0 fully saturated rings. The summed E-state index contributed by atoms with van der Waals surface area (Å²) in [6.07, 6.45) is 2.39. The van der Waals surface area contributed by atoms with Crippen LogP contribution in [0.5, 0.6) is 0 Å². The van der Waals surface area contributed by atoms with Gasteiger partial charge in [0, 0.05) is 17.6 Å². The maximum absolute atomic E-state index is 5.99. The molecule has 0 aliphatic heterocycles. The summed E-state index contributed by atoms with van der Waals surface area (Å²) >= 11 is 5.99. The van der Waals surface area contributed by atoms with Gasteiger partial charge in [0.25, 0.3) is 0 Å². The fraction of sp³-hybridized carbons (Fsp3) is 0.667. The zero-order valence-electron chi connectivity index (χ0n) is 14.0. The minimum atomic E-state index is 0.415. The third-order valence-electron chi connectivity index (χ3n) is 4.17. The van der Waals surface area contributed by atoms with Gasteiger partial charge in [0.1, 0.15) is 0 Å². The first-order chi connectivity index (χ1) is 10.1. The molecule has 0 aliphatic rings. The zero-order chi connectivity index (χ0) is 15.7. The summed E-state index contributed by atoms with van der Waals surface area (Å²) in [5, 5.41) is 4.40. The summed E-state index contributed by atoms with van der Waals surface area (Å²) in [6.45, 7) is 13.5. The molecule has 1 rings (SSSR count). The highest BCUT2D eigenvalue weighted by Crippen LogP contribution is 2.20. The molecule has 0 spiro atoms. The van der Waals surface area contributed by atoms with Gasteiger partial charge in [0.05, 0.1) is 0 Å². The Bertz CT molecular complexity index is 377. The van der Waals surface area contributed by atoms with Crippen molar-refractivity contribution >= 4 is 11.6 Å². The van der Waals surface area contributed by atoms with Crippen molar-refractivity contribution in [3.05, 3.63) is 34.9 Å². The van der Waals surface area contributed by atoms with Crippen LogP contribution >= 0.6 is 11.6 Å². The Morgan fingerprint density at radius 3 is 2.33 bits per heavy atom. The molecule has 0 radical (unpaired) electrons. The predicted molar refractivity (Wildman–Crippen MR) is 94.1 cm³/mol. The van der Waals surface area contributed by atoms with E-state index in [2.05, 4.69) is 50.0 Å². The Labute approximate surface area is 135 Å². The summed E-state index contributed by atoms with van der Waals surface area (Å²) in [5.74, 6) is 0.776. The first-order valence-corrected chi connectivity index (χ1v) is 8.69. The van der Waals surface area contributed by atoms with Crippen LogP contribution in [0.1, 0.15) is 52.1 Å². The lowest BCUT2D eigenvalue weighted by molar-refractivity contribution is 0.233. The Morgan fingerprint density at radius 2 is 1.81 bits per heavy atom. The summed E-state index contributed by atoms with van der Waals surface area (Å²) in [7, 11) is 0. The van der Waals surface area contributed by atoms with Crippen LogP contribution in [-0.4, -0.2) is 31.1 Å². The SMILES string of the molecule is CCNC(CCN(CC)CC(C)CC)c1ccc(Cl)cc1. The monoisotopic (exact) mass is 310 g/mol. The number of benzene rings is 1. The average Bonchev–Trinajstić information content (AvgIpc) is 2.50. The highest BCUT2D eigenvalue weighted by atomic mass is 35.5. The van der Waals surface area contributed by atoms with Crippen LogP contribution in [0, 0.1) is 5.92 Å². The van der Waals surface area contributed by atoms with Crippen LogP contribution in [0.2, 0.25) is 5.02 Å². The molecular weight excluding hydrogens is 280 g/mol. The molecule has 0 bridgehead atoms. The van der Waals surface area contributed by atoms with Gasteiger partial charge in [-0.15, -0.1) is 0 Å². The van der Waals surface area contributed by atoms with Crippen molar-refractivity contribution in [3.8, 4) is 0 Å². The molecule has 0 aliphatic carbocycles. The van der Waals surface area contributed by atoms with Crippen molar-refractivity contribution in [3.63, 3.8) is 0 Å². The number of rotatable bonds is 10. The molecule has 0 aromatic heterocycles. The van der Waals surface area contributed by atoms with E-state index in [9.17, 15) is 0 Å². The van der Waals surface area contributed by atoms with Gasteiger partial charge >= 0.3 is 0 Å². The van der Waals surface area contributed by atoms with E-state index < -0.39 is 0 Å². The molecule has 2 nitrogen and oxygen atoms in total. The van der Waals surface area contributed by atoms with E-state index in [4.69, 9.17) is 11.6 Å². The molecule has 0 saturated heterocycles. The van der Waals surface area contributed by atoms with Gasteiger partial charge in [0.15, 0.2) is 0 Å². The highest BCUT2D eigenvalue weighted by molar-refractivity contribution is 6.30. The van der Waals surface area contributed by atoms with Crippen LogP contribution in [0.4, 0.5) is 0 Å². The highest BCUT2D eigenvalue weighted by Gasteiger charge is 2.13. The Morgan fingerprint density at radius 1 is 1.14 bits per heavy atom. The van der Waals surface area contributed by atoms with Crippen molar-refractivity contribution in [2.45, 2.75) is 46.6 Å². The minimum Gasteiger partial charge on any atom is -0.310 e. The van der Waals surface area contributed by atoms with Gasteiger partial charge in [-0.2, -0.15) is 0 Å². The number of hydrogen-bond acceptors (Lipinski definition) is 2. The van der Waals surface area contributed by atoms with Crippen molar-refractivity contribution in [1.82, 2.24) is 10.2 Å². The second-order valence-electron chi connectivity index (χ2n) is 5.86.